The zero-order valence-electron chi connectivity index (χ0n) is 11.4. The van der Waals surface area contributed by atoms with E-state index in [0.717, 1.165) is 42.1 Å². The van der Waals surface area contributed by atoms with Crippen LogP contribution in [0.5, 0.6) is 0 Å². The number of benzene rings is 1. The molecule has 2 aromatic rings. The highest BCUT2D eigenvalue weighted by Gasteiger charge is 2.41. The van der Waals surface area contributed by atoms with Crippen LogP contribution in [-0.2, 0) is 12.0 Å². The maximum absolute atomic E-state index is 6.46. The standard InChI is InChI=1S/C15H18ClN3S/c1-2-18-15(10-6-3-4-7-11(10)16)9-5-8-12-13(15)19-14(17)20-12/h3-4,6-7,18H,2,5,8-9H2,1H3,(H2,17,19). The molecule has 20 heavy (non-hydrogen) atoms. The first-order valence-electron chi connectivity index (χ1n) is 6.93. The van der Waals surface area contributed by atoms with E-state index in [-0.39, 0.29) is 5.54 Å². The van der Waals surface area contributed by atoms with Crippen molar-refractivity contribution in [2.75, 3.05) is 12.3 Å². The number of aryl methyl sites for hydroxylation is 1. The lowest BCUT2D eigenvalue weighted by atomic mass is 9.77. The van der Waals surface area contributed by atoms with Crippen LogP contribution in [0.15, 0.2) is 24.3 Å². The highest BCUT2D eigenvalue weighted by molar-refractivity contribution is 7.15. The fourth-order valence-corrected chi connectivity index (χ4v) is 4.39. The van der Waals surface area contributed by atoms with Gasteiger partial charge in [0, 0.05) is 9.90 Å². The highest BCUT2D eigenvalue weighted by atomic mass is 35.5. The zero-order valence-corrected chi connectivity index (χ0v) is 13.0. The van der Waals surface area contributed by atoms with E-state index < -0.39 is 0 Å². The Kier molecular flexibility index (Phi) is 3.71. The first-order chi connectivity index (χ1) is 9.67. The van der Waals surface area contributed by atoms with Gasteiger partial charge in [-0.15, -0.1) is 11.3 Å². The number of rotatable bonds is 3. The van der Waals surface area contributed by atoms with Gasteiger partial charge in [-0.3, -0.25) is 0 Å². The van der Waals surface area contributed by atoms with Gasteiger partial charge in [-0.2, -0.15) is 0 Å². The summed E-state index contributed by atoms with van der Waals surface area (Å²) in [5.41, 5.74) is 7.82. The van der Waals surface area contributed by atoms with Crippen molar-refractivity contribution in [1.29, 1.82) is 0 Å². The molecule has 5 heteroatoms. The predicted octanol–water partition coefficient (Wildman–Crippen LogP) is 3.57. The Morgan fingerprint density at radius 2 is 2.25 bits per heavy atom. The van der Waals surface area contributed by atoms with Crippen LogP contribution in [0.1, 0.15) is 35.9 Å². The molecule has 3 nitrogen and oxygen atoms in total. The Bertz CT molecular complexity index is 625. The summed E-state index contributed by atoms with van der Waals surface area (Å²) in [6.07, 6.45) is 3.18. The van der Waals surface area contributed by atoms with Crippen LogP contribution in [0.3, 0.4) is 0 Å². The predicted molar refractivity (Wildman–Crippen MR) is 85.4 cm³/mol. The summed E-state index contributed by atoms with van der Waals surface area (Å²) in [6, 6.07) is 8.03. The lowest BCUT2D eigenvalue weighted by molar-refractivity contribution is 0.345. The molecule has 0 saturated carbocycles. The van der Waals surface area contributed by atoms with Crippen molar-refractivity contribution in [3.63, 3.8) is 0 Å². The molecule has 0 saturated heterocycles. The summed E-state index contributed by atoms with van der Waals surface area (Å²) in [4.78, 5) is 5.90. The molecule has 106 valence electrons. The summed E-state index contributed by atoms with van der Waals surface area (Å²) < 4.78 is 0. The number of aromatic nitrogens is 1. The van der Waals surface area contributed by atoms with Gasteiger partial charge in [-0.25, -0.2) is 4.98 Å². The second-order valence-corrected chi connectivity index (χ2v) is 6.62. The monoisotopic (exact) mass is 307 g/mol. The molecule has 0 amide bonds. The molecular weight excluding hydrogens is 290 g/mol. The number of fused-ring (bicyclic) bond motifs is 1. The molecule has 0 radical (unpaired) electrons. The summed E-state index contributed by atoms with van der Waals surface area (Å²) in [7, 11) is 0. The molecule has 0 bridgehead atoms. The molecule has 3 rings (SSSR count). The van der Waals surface area contributed by atoms with Crippen molar-refractivity contribution in [2.24, 2.45) is 0 Å². The Balaban J connectivity index is 2.22. The Morgan fingerprint density at radius 1 is 1.45 bits per heavy atom. The average molecular weight is 308 g/mol. The Morgan fingerprint density at radius 3 is 3.00 bits per heavy atom. The minimum absolute atomic E-state index is 0.297. The minimum atomic E-state index is -0.297. The third-order valence-electron chi connectivity index (χ3n) is 3.89. The highest BCUT2D eigenvalue weighted by Crippen LogP contribution is 2.44. The van der Waals surface area contributed by atoms with Crippen LogP contribution >= 0.6 is 22.9 Å². The number of nitrogens with two attached hydrogens (primary N) is 1. The van der Waals surface area contributed by atoms with Crippen LogP contribution in [0.25, 0.3) is 0 Å². The lowest BCUT2D eigenvalue weighted by Crippen LogP contribution is -2.46. The van der Waals surface area contributed by atoms with Crippen molar-refractivity contribution < 1.29 is 0 Å². The molecule has 3 N–H and O–H groups in total. The van der Waals surface area contributed by atoms with Crippen molar-refractivity contribution in [1.82, 2.24) is 10.3 Å². The second kappa shape index (κ2) is 5.35. The van der Waals surface area contributed by atoms with Crippen molar-refractivity contribution in [2.45, 2.75) is 31.7 Å². The van der Waals surface area contributed by atoms with Gasteiger partial charge in [-0.05, 0) is 37.4 Å². The van der Waals surface area contributed by atoms with Crippen molar-refractivity contribution in [3.05, 3.63) is 45.4 Å². The number of anilines is 1. The van der Waals surface area contributed by atoms with Crippen molar-refractivity contribution >= 4 is 28.1 Å². The van der Waals surface area contributed by atoms with Gasteiger partial charge in [0.25, 0.3) is 0 Å². The summed E-state index contributed by atoms with van der Waals surface area (Å²) in [6.45, 7) is 2.98. The van der Waals surface area contributed by atoms with E-state index in [1.54, 1.807) is 11.3 Å². The maximum atomic E-state index is 6.46. The first-order valence-corrected chi connectivity index (χ1v) is 8.12. The second-order valence-electron chi connectivity index (χ2n) is 5.09. The van der Waals surface area contributed by atoms with Gasteiger partial charge >= 0.3 is 0 Å². The molecule has 1 aliphatic rings. The summed E-state index contributed by atoms with van der Waals surface area (Å²) >= 11 is 8.06. The number of nitrogens with one attached hydrogen (secondary N) is 1. The van der Waals surface area contributed by atoms with E-state index >= 15 is 0 Å². The third kappa shape index (κ3) is 2.12. The van der Waals surface area contributed by atoms with Gasteiger partial charge in [0.05, 0.1) is 11.2 Å². The van der Waals surface area contributed by atoms with Crippen LogP contribution in [0.2, 0.25) is 5.02 Å². The molecule has 1 atom stereocenters. The lowest BCUT2D eigenvalue weighted by Gasteiger charge is -2.38. The topological polar surface area (TPSA) is 50.9 Å². The van der Waals surface area contributed by atoms with E-state index in [9.17, 15) is 0 Å². The van der Waals surface area contributed by atoms with E-state index in [4.69, 9.17) is 17.3 Å². The number of nitrogen functional groups attached to an aromatic ring is 1. The van der Waals surface area contributed by atoms with Gasteiger partial charge in [0.15, 0.2) is 5.13 Å². The zero-order chi connectivity index (χ0) is 14.2. The smallest absolute Gasteiger partial charge is 0.180 e. The molecule has 1 aliphatic carbocycles. The van der Waals surface area contributed by atoms with Crippen molar-refractivity contribution in [3.8, 4) is 0 Å². The quantitative estimate of drug-likeness (QED) is 0.911. The molecule has 1 heterocycles. The van der Waals surface area contributed by atoms with Gasteiger partial charge in [-0.1, -0.05) is 36.7 Å². The molecule has 1 aromatic heterocycles. The van der Waals surface area contributed by atoms with E-state index in [1.165, 1.54) is 4.88 Å². The normalized spacial score (nSPS) is 21.7. The molecular formula is C15H18ClN3S. The SMILES string of the molecule is CCNC1(c2ccccc2Cl)CCCc2sc(N)nc21. The van der Waals surface area contributed by atoms with Gasteiger partial charge in [0.1, 0.15) is 0 Å². The van der Waals surface area contributed by atoms with E-state index in [0.29, 0.717) is 5.13 Å². The molecule has 0 spiro atoms. The summed E-state index contributed by atoms with van der Waals surface area (Å²) in [5, 5.41) is 5.06. The molecule has 1 aromatic carbocycles. The molecule has 1 unspecified atom stereocenters. The summed E-state index contributed by atoms with van der Waals surface area (Å²) in [5.74, 6) is 0. The average Bonchev–Trinajstić information content (AvgIpc) is 2.81. The van der Waals surface area contributed by atoms with E-state index in [2.05, 4.69) is 23.3 Å². The van der Waals surface area contributed by atoms with Gasteiger partial charge < -0.3 is 11.1 Å². The first kappa shape index (κ1) is 13.9. The maximum Gasteiger partial charge on any atom is 0.180 e. The molecule has 0 aliphatic heterocycles. The van der Waals surface area contributed by atoms with E-state index in [1.807, 2.05) is 18.2 Å². The number of nitrogens with zero attached hydrogens (tertiary/aromatic N) is 1. The Hall–Kier alpha value is -1.10. The number of hydrogen-bond acceptors (Lipinski definition) is 4. The van der Waals surface area contributed by atoms with Crippen LogP contribution < -0.4 is 11.1 Å². The molecule has 0 fully saturated rings. The fraction of sp³-hybridized carbons (Fsp3) is 0.400. The van der Waals surface area contributed by atoms with Crippen LogP contribution in [-0.4, -0.2) is 11.5 Å². The largest absolute Gasteiger partial charge is 0.375 e. The van der Waals surface area contributed by atoms with Gasteiger partial charge in [0.2, 0.25) is 0 Å². The third-order valence-corrected chi connectivity index (χ3v) is 5.16. The number of hydrogen-bond donors (Lipinski definition) is 2. The minimum Gasteiger partial charge on any atom is -0.375 e. The van der Waals surface area contributed by atoms with Crippen LogP contribution in [0, 0.1) is 0 Å². The fourth-order valence-electron chi connectivity index (χ4n) is 3.14. The van der Waals surface area contributed by atoms with Crippen LogP contribution in [0.4, 0.5) is 5.13 Å². The Labute approximate surface area is 128 Å². The number of halogens is 1. The number of thiazole rings is 1.